The van der Waals surface area contributed by atoms with Crippen molar-refractivity contribution in [1.82, 2.24) is 0 Å². The van der Waals surface area contributed by atoms with Crippen LogP contribution in [-0.4, -0.2) is 19.8 Å². The molecular weight excluding hydrogens is 226 g/mol. The van der Waals surface area contributed by atoms with E-state index in [9.17, 15) is 13.5 Å². The molecule has 1 aromatic rings. The molecule has 0 bridgehead atoms. The van der Waals surface area contributed by atoms with Crippen LogP contribution in [0.1, 0.15) is 24.8 Å². The number of benzene rings is 1. The van der Waals surface area contributed by atoms with Crippen molar-refractivity contribution >= 4 is 9.84 Å². The molecule has 16 heavy (non-hydrogen) atoms. The van der Waals surface area contributed by atoms with Crippen molar-refractivity contribution in [2.45, 2.75) is 29.7 Å². The minimum absolute atomic E-state index is 0.0165. The minimum Gasteiger partial charge on any atom is -0.507 e. The summed E-state index contributed by atoms with van der Waals surface area (Å²) in [5.74, 6) is -0.211. The van der Waals surface area contributed by atoms with E-state index in [-0.39, 0.29) is 10.6 Å². The lowest BCUT2D eigenvalue weighted by Gasteiger charge is -2.39. The van der Waals surface area contributed by atoms with Crippen molar-refractivity contribution in [2.24, 2.45) is 5.73 Å². The molecule has 0 radical (unpaired) electrons. The zero-order chi connectivity index (χ0) is 12.0. The maximum atomic E-state index is 11.6. The van der Waals surface area contributed by atoms with Gasteiger partial charge >= 0.3 is 0 Å². The Morgan fingerprint density at radius 2 is 2.00 bits per heavy atom. The second-order valence-corrected chi connectivity index (χ2v) is 6.39. The minimum atomic E-state index is -3.45. The first-order chi connectivity index (χ1) is 7.34. The maximum Gasteiger partial charge on any atom is 0.179 e. The van der Waals surface area contributed by atoms with Crippen LogP contribution in [0.5, 0.6) is 5.75 Å². The number of hydrogen-bond donors (Lipinski definition) is 2. The van der Waals surface area contributed by atoms with Gasteiger partial charge in [-0.1, -0.05) is 12.1 Å². The molecule has 88 valence electrons. The molecule has 0 saturated heterocycles. The predicted molar refractivity (Wildman–Crippen MR) is 60.9 cm³/mol. The molecule has 1 aliphatic rings. The first-order valence-electron chi connectivity index (χ1n) is 5.16. The molecule has 1 aromatic carbocycles. The van der Waals surface area contributed by atoms with Crippen LogP contribution in [0.3, 0.4) is 0 Å². The molecule has 1 aliphatic carbocycles. The molecule has 0 amide bonds. The summed E-state index contributed by atoms with van der Waals surface area (Å²) in [6.45, 7) is 0. The van der Waals surface area contributed by atoms with Crippen molar-refractivity contribution in [1.29, 1.82) is 0 Å². The summed E-state index contributed by atoms with van der Waals surface area (Å²) in [6, 6.07) is 4.70. The highest BCUT2D eigenvalue weighted by Gasteiger charge is 2.38. The van der Waals surface area contributed by atoms with E-state index in [1.807, 2.05) is 0 Å². The summed E-state index contributed by atoms with van der Waals surface area (Å²) in [5.41, 5.74) is 6.07. The van der Waals surface area contributed by atoms with Crippen LogP contribution in [0, 0.1) is 0 Å². The molecule has 0 aliphatic heterocycles. The summed E-state index contributed by atoms with van der Waals surface area (Å²) in [4.78, 5) is -0.0165. The highest BCUT2D eigenvalue weighted by atomic mass is 32.2. The van der Waals surface area contributed by atoms with Crippen LogP contribution < -0.4 is 5.73 Å². The topological polar surface area (TPSA) is 80.4 Å². The smallest absolute Gasteiger partial charge is 0.179 e. The summed E-state index contributed by atoms with van der Waals surface area (Å²) in [5, 5.41) is 9.68. The predicted octanol–water partition coefficient (Wildman–Crippen LogP) is 1.13. The Bertz CT molecular complexity index is 518. The normalized spacial score (nSPS) is 19.1. The summed E-state index contributed by atoms with van der Waals surface area (Å²) in [7, 11) is -3.45. The fraction of sp³-hybridized carbons (Fsp3) is 0.455. The zero-order valence-corrected chi connectivity index (χ0v) is 9.92. The van der Waals surface area contributed by atoms with Crippen molar-refractivity contribution in [3.63, 3.8) is 0 Å². The SMILES string of the molecule is CS(=O)(=O)c1c(O)cccc1C1(N)CCC1. The second-order valence-electron chi connectivity index (χ2n) is 4.44. The monoisotopic (exact) mass is 241 g/mol. The van der Waals surface area contributed by atoms with Crippen LogP contribution in [-0.2, 0) is 15.4 Å². The van der Waals surface area contributed by atoms with E-state index in [2.05, 4.69) is 0 Å². The van der Waals surface area contributed by atoms with Gasteiger partial charge in [0.2, 0.25) is 0 Å². The standard InChI is InChI=1S/C11H15NO3S/c1-16(14,15)10-8(4-2-5-9(10)13)11(12)6-3-7-11/h2,4-5,13H,3,6-7,12H2,1H3. The average Bonchev–Trinajstić information content (AvgIpc) is 2.11. The van der Waals surface area contributed by atoms with E-state index >= 15 is 0 Å². The number of phenolic OH excluding ortho intramolecular Hbond substituents is 1. The van der Waals surface area contributed by atoms with Crippen LogP contribution in [0.15, 0.2) is 23.1 Å². The molecule has 0 unspecified atom stereocenters. The van der Waals surface area contributed by atoms with Crippen LogP contribution in [0.25, 0.3) is 0 Å². The number of nitrogens with two attached hydrogens (primary N) is 1. The van der Waals surface area contributed by atoms with Crippen molar-refractivity contribution in [3.8, 4) is 5.75 Å². The fourth-order valence-corrected chi connectivity index (χ4v) is 3.25. The van der Waals surface area contributed by atoms with Gasteiger partial charge in [0.1, 0.15) is 10.6 Å². The molecule has 3 N–H and O–H groups in total. The fourth-order valence-electron chi connectivity index (χ4n) is 2.13. The Labute approximate surface area is 95.0 Å². The van der Waals surface area contributed by atoms with E-state index < -0.39 is 15.4 Å². The first kappa shape index (κ1) is 11.4. The molecule has 0 aromatic heterocycles. The van der Waals surface area contributed by atoms with Gasteiger partial charge in [0.05, 0.1) is 0 Å². The lowest BCUT2D eigenvalue weighted by atomic mass is 9.73. The lowest BCUT2D eigenvalue weighted by molar-refractivity contribution is 0.247. The van der Waals surface area contributed by atoms with E-state index in [1.165, 1.54) is 6.07 Å². The van der Waals surface area contributed by atoms with Gasteiger partial charge in [0, 0.05) is 11.8 Å². The van der Waals surface area contributed by atoms with Gasteiger partial charge in [-0.25, -0.2) is 8.42 Å². The summed E-state index contributed by atoms with van der Waals surface area (Å²) >= 11 is 0. The Balaban J connectivity index is 2.67. The Hall–Kier alpha value is -1.07. The Kier molecular flexibility index (Phi) is 2.47. The zero-order valence-electron chi connectivity index (χ0n) is 9.10. The maximum absolute atomic E-state index is 11.6. The first-order valence-corrected chi connectivity index (χ1v) is 7.05. The van der Waals surface area contributed by atoms with Gasteiger partial charge < -0.3 is 10.8 Å². The number of hydrogen-bond acceptors (Lipinski definition) is 4. The van der Waals surface area contributed by atoms with Crippen LogP contribution in [0.4, 0.5) is 0 Å². The third kappa shape index (κ3) is 1.70. The van der Waals surface area contributed by atoms with Crippen LogP contribution >= 0.6 is 0 Å². The molecule has 0 atom stereocenters. The largest absolute Gasteiger partial charge is 0.507 e. The van der Waals surface area contributed by atoms with Gasteiger partial charge in [-0.05, 0) is 30.9 Å². The third-order valence-electron chi connectivity index (χ3n) is 3.15. The van der Waals surface area contributed by atoms with E-state index in [1.54, 1.807) is 12.1 Å². The lowest BCUT2D eigenvalue weighted by Crippen LogP contribution is -2.44. The van der Waals surface area contributed by atoms with E-state index in [0.717, 1.165) is 25.5 Å². The molecule has 0 spiro atoms. The van der Waals surface area contributed by atoms with Gasteiger partial charge in [0.25, 0.3) is 0 Å². The summed E-state index contributed by atoms with van der Waals surface area (Å²) in [6.07, 6.45) is 3.61. The molecule has 0 heterocycles. The highest BCUT2D eigenvalue weighted by Crippen LogP contribution is 2.43. The average molecular weight is 241 g/mol. The van der Waals surface area contributed by atoms with Gasteiger partial charge in [-0.15, -0.1) is 0 Å². The number of phenols is 1. The van der Waals surface area contributed by atoms with E-state index in [0.29, 0.717) is 5.56 Å². The van der Waals surface area contributed by atoms with Gasteiger partial charge in [0.15, 0.2) is 9.84 Å². The molecule has 4 nitrogen and oxygen atoms in total. The van der Waals surface area contributed by atoms with Gasteiger partial charge in [-0.3, -0.25) is 0 Å². The van der Waals surface area contributed by atoms with Gasteiger partial charge in [-0.2, -0.15) is 0 Å². The Morgan fingerprint density at radius 1 is 1.38 bits per heavy atom. The van der Waals surface area contributed by atoms with Crippen molar-refractivity contribution < 1.29 is 13.5 Å². The van der Waals surface area contributed by atoms with E-state index in [4.69, 9.17) is 5.73 Å². The van der Waals surface area contributed by atoms with Crippen molar-refractivity contribution in [3.05, 3.63) is 23.8 Å². The molecule has 1 fully saturated rings. The quantitative estimate of drug-likeness (QED) is 0.813. The second kappa shape index (κ2) is 3.46. The highest BCUT2D eigenvalue weighted by molar-refractivity contribution is 7.90. The number of aromatic hydroxyl groups is 1. The molecule has 1 saturated carbocycles. The molecule has 2 rings (SSSR count). The molecule has 5 heteroatoms. The Morgan fingerprint density at radius 3 is 2.44 bits per heavy atom. The number of rotatable bonds is 2. The third-order valence-corrected chi connectivity index (χ3v) is 4.32. The van der Waals surface area contributed by atoms with Crippen LogP contribution in [0.2, 0.25) is 0 Å². The number of sulfone groups is 1. The molecular formula is C11H15NO3S. The summed E-state index contributed by atoms with van der Waals surface area (Å²) < 4.78 is 23.3. The van der Waals surface area contributed by atoms with Crippen molar-refractivity contribution in [2.75, 3.05) is 6.26 Å².